The second kappa shape index (κ2) is 4.03. The quantitative estimate of drug-likeness (QED) is 0.419. The summed E-state index contributed by atoms with van der Waals surface area (Å²) in [7, 11) is 5.91. The van der Waals surface area contributed by atoms with E-state index in [4.69, 9.17) is 0 Å². The van der Waals surface area contributed by atoms with Gasteiger partial charge in [-0.15, -0.1) is 0 Å². The van der Waals surface area contributed by atoms with Gasteiger partial charge >= 0.3 is 30.2 Å². The van der Waals surface area contributed by atoms with Crippen LogP contribution < -0.4 is 0 Å². The first kappa shape index (κ1) is 5.03. The molecule has 0 rings (SSSR count). The summed E-state index contributed by atoms with van der Waals surface area (Å²) in [5.41, 5.74) is 0. The van der Waals surface area contributed by atoms with Gasteiger partial charge in [0.25, 0.3) is 0 Å². The molecule has 0 aliphatic rings. The van der Waals surface area contributed by atoms with Crippen molar-refractivity contribution in [1.29, 1.82) is 0 Å². The Labute approximate surface area is 31.1 Å². The van der Waals surface area contributed by atoms with Gasteiger partial charge in [0.1, 0.15) is 0 Å². The molecule has 0 aliphatic heterocycles. The summed E-state index contributed by atoms with van der Waals surface area (Å²) < 4.78 is 0. The number of rotatable bonds is 0. The molecule has 0 saturated carbocycles. The molecule has 3 heteroatoms. The van der Waals surface area contributed by atoms with Crippen LogP contribution in [-0.2, 0) is 0 Å². The summed E-state index contributed by atoms with van der Waals surface area (Å²) in [6, 6.07) is 0. The average molecular weight is 109 g/mol. The third-order valence-electron chi connectivity index (χ3n) is 0.100. The van der Waals surface area contributed by atoms with Gasteiger partial charge in [-0.1, -0.05) is 0 Å². The molecule has 0 nitrogen and oxygen atoms in total. The van der Waals surface area contributed by atoms with Gasteiger partial charge in [0, 0.05) is 0 Å². The van der Waals surface area contributed by atoms with Crippen molar-refractivity contribution in [3.05, 3.63) is 0 Å². The maximum absolute atomic E-state index is 3.25. The molecule has 0 aromatic rings. The van der Waals surface area contributed by atoms with Crippen LogP contribution in [0.1, 0.15) is 0 Å². The van der Waals surface area contributed by atoms with Crippen LogP contribution in [0, 0.1) is 0 Å². The Morgan fingerprint density at radius 2 is 2.25 bits per heavy atom. The summed E-state index contributed by atoms with van der Waals surface area (Å²) >= 11 is 0. The van der Waals surface area contributed by atoms with E-state index in [1.807, 2.05) is 0 Å². The van der Waals surface area contributed by atoms with Crippen LogP contribution >= 0.6 is 23.5 Å². The SMILES string of the molecule is CP=[P+]=P. The molecule has 0 spiro atoms. The van der Waals surface area contributed by atoms with Crippen LogP contribution in [0.4, 0.5) is 0 Å². The van der Waals surface area contributed by atoms with Gasteiger partial charge in [-0.3, -0.25) is 0 Å². The Kier molecular flexibility index (Phi) is 5.07. The monoisotopic (exact) mass is 109 g/mol. The fourth-order valence-corrected chi connectivity index (χ4v) is 0. The van der Waals surface area contributed by atoms with E-state index in [0.29, 0.717) is 0 Å². The molecule has 0 atom stereocenters. The van der Waals surface area contributed by atoms with Crippen molar-refractivity contribution < 1.29 is 0 Å². The van der Waals surface area contributed by atoms with Gasteiger partial charge in [0.15, 0.2) is 0 Å². The third kappa shape index (κ3) is 3.03. The predicted octanol–water partition coefficient (Wildman–Crippen LogP) is 2.48. The van der Waals surface area contributed by atoms with Crippen LogP contribution in [0.25, 0.3) is 0 Å². The van der Waals surface area contributed by atoms with Gasteiger partial charge in [-0.25, -0.2) is 0 Å². The van der Waals surface area contributed by atoms with E-state index in [9.17, 15) is 0 Å². The molecule has 0 fully saturated rings. The Bertz CT molecular complexity index is 41.2. The number of hydrogen-bond donors (Lipinski definition) is 0. The third-order valence-corrected chi connectivity index (χ3v) is 2.70. The van der Waals surface area contributed by atoms with Crippen LogP contribution in [0.3, 0.4) is 0 Å². The molecule has 0 aliphatic carbocycles. The van der Waals surface area contributed by atoms with Gasteiger partial charge in [-0.05, 0) is 0 Å². The van der Waals surface area contributed by atoms with E-state index >= 15 is 0 Å². The Hall–Kier alpha value is 1.03. The standard InChI is InChI=1S/CH4P3/c1-3-4-2/h2H,1H3/q+1. The van der Waals surface area contributed by atoms with Crippen molar-refractivity contribution >= 4 is 23.5 Å². The van der Waals surface area contributed by atoms with Gasteiger partial charge in [0.2, 0.25) is 0 Å². The molecule has 0 aromatic heterocycles. The molecule has 0 amide bonds. The van der Waals surface area contributed by atoms with E-state index < -0.39 is 0 Å². The first-order chi connectivity index (χ1) is 1.91. The molecule has 0 unspecified atom stereocenters. The molecule has 4 heavy (non-hydrogen) atoms. The van der Waals surface area contributed by atoms with Crippen molar-refractivity contribution in [3.63, 3.8) is 0 Å². The summed E-state index contributed by atoms with van der Waals surface area (Å²) in [6.07, 6.45) is 0. The summed E-state index contributed by atoms with van der Waals surface area (Å²) in [6.45, 7) is 2.09. The minimum absolute atomic E-state index is 1.28. The van der Waals surface area contributed by atoms with Gasteiger partial charge in [0.05, 0.1) is 0 Å². The number of hydrogen-bond acceptors (Lipinski definition) is 0. The molecule has 0 bridgehead atoms. The van der Waals surface area contributed by atoms with Crippen LogP contribution in [0.5, 0.6) is 0 Å². The van der Waals surface area contributed by atoms with Crippen LogP contribution in [-0.4, -0.2) is 6.66 Å². The molecule has 22 valence electrons. The fourth-order valence-electron chi connectivity index (χ4n) is 0. The first-order valence-corrected chi connectivity index (χ1v) is 5.15. The average Bonchev–Trinajstić information content (AvgIpc) is 1.37. The second-order valence-electron chi connectivity index (χ2n) is 0.300. The predicted molar refractivity (Wildman–Crippen MR) is 28.1 cm³/mol. The van der Waals surface area contributed by atoms with E-state index in [1.54, 1.807) is 0 Å². The van der Waals surface area contributed by atoms with Gasteiger partial charge < -0.3 is 0 Å². The Morgan fingerprint density at radius 3 is 2.25 bits per heavy atom. The van der Waals surface area contributed by atoms with E-state index in [-0.39, 0.29) is 0 Å². The Morgan fingerprint density at radius 1 is 2.00 bits per heavy atom. The Balaban J connectivity index is 3.11. The van der Waals surface area contributed by atoms with E-state index in [1.165, 1.54) is 15.0 Å². The van der Waals surface area contributed by atoms with E-state index in [0.717, 1.165) is 0 Å². The molecular formula is CH4P3+. The van der Waals surface area contributed by atoms with Crippen molar-refractivity contribution in [2.24, 2.45) is 0 Å². The topological polar surface area (TPSA) is 0 Å². The zero-order valence-electron chi connectivity index (χ0n) is 2.39. The second-order valence-corrected chi connectivity index (χ2v) is 4.50. The molecule has 0 saturated heterocycles. The summed E-state index contributed by atoms with van der Waals surface area (Å²) in [4.78, 5) is 0. The molecule has 0 radical (unpaired) electrons. The molecule has 0 N–H and O–H groups in total. The van der Waals surface area contributed by atoms with Crippen molar-refractivity contribution in [2.45, 2.75) is 0 Å². The minimum atomic E-state index is 1.28. The van der Waals surface area contributed by atoms with Crippen molar-refractivity contribution in [3.8, 4) is 0 Å². The molecule has 0 aromatic carbocycles. The fraction of sp³-hybridized carbons (Fsp3) is 1.00. The first-order valence-electron chi connectivity index (χ1n) is 0.871. The van der Waals surface area contributed by atoms with Gasteiger partial charge in [-0.2, -0.15) is 0 Å². The summed E-state index contributed by atoms with van der Waals surface area (Å²) in [5, 5.41) is 0. The zero-order chi connectivity index (χ0) is 3.41. The normalized spacial score (nSPS) is 7.25. The zero-order valence-corrected chi connectivity index (χ0v) is 5.18. The van der Waals surface area contributed by atoms with Crippen LogP contribution in [0.2, 0.25) is 0 Å². The molecule has 0 heterocycles. The van der Waals surface area contributed by atoms with Crippen molar-refractivity contribution in [1.82, 2.24) is 0 Å². The maximum atomic E-state index is 3.25. The summed E-state index contributed by atoms with van der Waals surface area (Å²) in [5.74, 6) is 0. The van der Waals surface area contributed by atoms with Crippen LogP contribution in [0.15, 0.2) is 0 Å². The molecular weight excluding hydrogens is 105 g/mol. The van der Waals surface area contributed by atoms with E-state index in [2.05, 4.69) is 15.2 Å². The van der Waals surface area contributed by atoms with Crippen molar-refractivity contribution in [2.75, 3.05) is 6.66 Å².